The van der Waals surface area contributed by atoms with Crippen LogP contribution in [0.25, 0.3) is 0 Å². The molecule has 101 valence electrons. The fraction of sp³-hybridized carbons (Fsp3) is 0.625. The van der Waals surface area contributed by atoms with Gasteiger partial charge in [-0.25, -0.2) is 5.11 Å². The number of benzene rings is 1. The Morgan fingerprint density at radius 3 is 2.72 bits per heavy atom. The van der Waals surface area contributed by atoms with Crippen molar-refractivity contribution in [2.24, 2.45) is 5.92 Å². The fourth-order valence-corrected chi connectivity index (χ4v) is 2.01. The van der Waals surface area contributed by atoms with E-state index in [0.717, 1.165) is 18.1 Å². The van der Waals surface area contributed by atoms with Gasteiger partial charge in [0.05, 0.1) is 0 Å². The third-order valence-electron chi connectivity index (χ3n) is 3.00. The highest BCUT2D eigenvalue weighted by molar-refractivity contribution is 5.28. The topological polar surface area (TPSA) is 29.1 Å². The van der Waals surface area contributed by atoms with Crippen molar-refractivity contribution in [3.8, 4) is 5.75 Å². The number of aryl methyl sites for hydroxylation is 1. The first-order valence-electron chi connectivity index (χ1n) is 7.02. The molecule has 0 N–H and O–H groups in total. The standard InChI is InChI=1S/C16H25O2/c1-14(2)7-4-3-5-8-15-9-6-10-16(13-15)18-12-11-17/h6,9-10,13-14H,3-5,7-8,11-12H2,1-2H3. The van der Waals surface area contributed by atoms with E-state index in [1.165, 1.54) is 31.2 Å². The maximum absolute atomic E-state index is 10.4. The van der Waals surface area contributed by atoms with Gasteiger partial charge in [0.1, 0.15) is 19.0 Å². The Morgan fingerprint density at radius 1 is 1.17 bits per heavy atom. The second kappa shape index (κ2) is 8.98. The molecule has 0 saturated carbocycles. The maximum atomic E-state index is 10.4. The van der Waals surface area contributed by atoms with E-state index in [1.807, 2.05) is 12.1 Å². The number of hydrogen-bond donors (Lipinski definition) is 0. The van der Waals surface area contributed by atoms with Crippen LogP contribution in [-0.2, 0) is 11.5 Å². The highest BCUT2D eigenvalue weighted by atomic mass is 16.5. The van der Waals surface area contributed by atoms with Gasteiger partial charge in [0.25, 0.3) is 0 Å². The molecule has 0 spiro atoms. The van der Waals surface area contributed by atoms with Gasteiger partial charge in [-0.3, -0.25) is 0 Å². The SMILES string of the molecule is CC(C)CCCCCc1cccc(OCC[O])c1. The van der Waals surface area contributed by atoms with E-state index < -0.39 is 0 Å². The maximum Gasteiger partial charge on any atom is 0.119 e. The number of ether oxygens (including phenoxy) is 1. The Morgan fingerprint density at radius 2 is 2.00 bits per heavy atom. The van der Waals surface area contributed by atoms with E-state index >= 15 is 0 Å². The van der Waals surface area contributed by atoms with E-state index in [4.69, 9.17) is 4.74 Å². The summed E-state index contributed by atoms with van der Waals surface area (Å²) >= 11 is 0. The zero-order chi connectivity index (χ0) is 13.2. The minimum absolute atomic E-state index is 0.181. The van der Waals surface area contributed by atoms with E-state index in [1.54, 1.807) is 0 Å². The predicted molar refractivity (Wildman–Crippen MR) is 74.5 cm³/mol. The third kappa shape index (κ3) is 6.65. The number of hydrogen-bond acceptors (Lipinski definition) is 1. The molecule has 18 heavy (non-hydrogen) atoms. The monoisotopic (exact) mass is 249 g/mol. The molecule has 2 heteroatoms. The molecule has 1 rings (SSSR count). The molecule has 0 aliphatic heterocycles. The highest BCUT2D eigenvalue weighted by Crippen LogP contribution is 2.16. The Labute approximate surface area is 111 Å². The Kier molecular flexibility index (Phi) is 7.51. The number of rotatable bonds is 9. The highest BCUT2D eigenvalue weighted by Gasteiger charge is 1.98. The molecule has 0 aromatic heterocycles. The zero-order valence-corrected chi connectivity index (χ0v) is 11.7. The normalized spacial score (nSPS) is 10.9. The van der Waals surface area contributed by atoms with Crippen LogP contribution in [-0.4, -0.2) is 13.2 Å². The molecule has 0 aliphatic rings. The first-order valence-corrected chi connectivity index (χ1v) is 7.02. The van der Waals surface area contributed by atoms with Gasteiger partial charge in [-0.2, -0.15) is 0 Å². The Bertz CT molecular complexity index is 321. The van der Waals surface area contributed by atoms with Crippen molar-refractivity contribution in [3.05, 3.63) is 29.8 Å². The second-order valence-electron chi connectivity index (χ2n) is 5.19. The molecule has 0 atom stereocenters. The Hall–Kier alpha value is -1.02. The van der Waals surface area contributed by atoms with Crippen molar-refractivity contribution >= 4 is 0 Å². The molecule has 0 bridgehead atoms. The van der Waals surface area contributed by atoms with Crippen LogP contribution < -0.4 is 4.74 Å². The summed E-state index contributed by atoms with van der Waals surface area (Å²) in [4.78, 5) is 0. The van der Waals surface area contributed by atoms with Crippen molar-refractivity contribution in [2.75, 3.05) is 13.2 Å². The summed E-state index contributed by atoms with van der Waals surface area (Å²) in [7, 11) is 0. The first kappa shape index (κ1) is 15.0. The summed E-state index contributed by atoms with van der Waals surface area (Å²) < 4.78 is 5.34. The fourth-order valence-electron chi connectivity index (χ4n) is 2.01. The molecule has 1 radical (unpaired) electrons. The summed E-state index contributed by atoms with van der Waals surface area (Å²) in [5.74, 6) is 1.64. The van der Waals surface area contributed by atoms with Crippen LogP contribution >= 0.6 is 0 Å². The van der Waals surface area contributed by atoms with Gasteiger partial charge < -0.3 is 4.74 Å². The first-order chi connectivity index (χ1) is 8.72. The molecular weight excluding hydrogens is 224 g/mol. The van der Waals surface area contributed by atoms with Crippen LogP contribution in [0.2, 0.25) is 0 Å². The van der Waals surface area contributed by atoms with Crippen LogP contribution in [0.15, 0.2) is 24.3 Å². The minimum Gasteiger partial charge on any atom is -0.491 e. The van der Waals surface area contributed by atoms with Gasteiger partial charge in [-0.1, -0.05) is 45.2 Å². The van der Waals surface area contributed by atoms with Crippen molar-refractivity contribution in [2.45, 2.75) is 46.0 Å². The van der Waals surface area contributed by atoms with Gasteiger partial charge in [0, 0.05) is 0 Å². The molecule has 0 unspecified atom stereocenters. The van der Waals surface area contributed by atoms with Crippen LogP contribution in [0.5, 0.6) is 5.75 Å². The zero-order valence-electron chi connectivity index (χ0n) is 11.7. The summed E-state index contributed by atoms with van der Waals surface area (Å²) in [5, 5.41) is 10.4. The van der Waals surface area contributed by atoms with E-state index in [2.05, 4.69) is 26.0 Å². The number of unbranched alkanes of at least 4 members (excludes halogenated alkanes) is 2. The van der Waals surface area contributed by atoms with E-state index in [0.29, 0.717) is 0 Å². The summed E-state index contributed by atoms with van der Waals surface area (Å²) in [5.41, 5.74) is 1.31. The molecule has 0 saturated heterocycles. The summed E-state index contributed by atoms with van der Waals surface area (Å²) in [6.45, 7) is 4.63. The van der Waals surface area contributed by atoms with E-state index in [-0.39, 0.29) is 13.2 Å². The summed E-state index contributed by atoms with van der Waals surface area (Å²) in [6.07, 6.45) is 6.28. The van der Waals surface area contributed by atoms with Crippen molar-refractivity contribution < 1.29 is 9.84 Å². The minimum atomic E-state index is -0.181. The molecule has 0 aliphatic carbocycles. The van der Waals surface area contributed by atoms with Crippen molar-refractivity contribution in [3.63, 3.8) is 0 Å². The van der Waals surface area contributed by atoms with Crippen LogP contribution in [0.3, 0.4) is 0 Å². The predicted octanol–water partition coefficient (Wildman–Crippen LogP) is 4.25. The average molecular weight is 249 g/mol. The van der Waals surface area contributed by atoms with E-state index in [9.17, 15) is 5.11 Å². The lowest BCUT2D eigenvalue weighted by Crippen LogP contribution is -2.00. The van der Waals surface area contributed by atoms with Crippen LogP contribution in [0, 0.1) is 5.92 Å². The molecule has 0 fully saturated rings. The lowest BCUT2D eigenvalue weighted by molar-refractivity contribution is 0.138. The van der Waals surface area contributed by atoms with Crippen molar-refractivity contribution in [1.29, 1.82) is 0 Å². The van der Waals surface area contributed by atoms with Crippen molar-refractivity contribution in [1.82, 2.24) is 0 Å². The second-order valence-corrected chi connectivity index (χ2v) is 5.19. The lowest BCUT2D eigenvalue weighted by Gasteiger charge is -2.07. The molecular formula is C16H25O2. The smallest absolute Gasteiger partial charge is 0.119 e. The van der Waals surface area contributed by atoms with Gasteiger partial charge in [0.2, 0.25) is 0 Å². The lowest BCUT2D eigenvalue weighted by atomic mass is 10.0. The molecule has 1 aromatic rings. The van der Waals surface area contributed by atoms with Gasteiger partial charge in [-0.05, 0) is 36.5 Å². The Balaban J connectivity index is 2.24. The molecule has 2 nitrogen and oxygen atoms in total. The van der Waals surface area contributed by atoms with Gasteiger partial charge >= 0.3 is 0 Å². The third-order valence-corrected chi connectivity index (χ3v) is 3.00. The summed E-state index contributed by atoms with van der Waals surface area (Å²) in [6, 6.07) is 8.10. The molecule has 0 amide bonds. The van der Waals surface area contributed by atoms with Crippen LogP contribution in [0.4, 0.5) is 0 Å². The largest absolute Gasteiger partial charge is 0.491 e. The van der Waals surface area contributed by atoms with Gasteiger partial charge in [0.15, 0.2) is 0 Å². The average Bonchev–Trinajstić information content (AvgIpc) is 2.36. The van der Waals surface area contributed by atoms with Gasteiger partial charge in [-0.15, -0.1) is 0 Å². The van der Waals surface area contributed by atoms with Crippen LogP contribution in [0.1, 0.15) is 45.1 Å². The molecule has 0 heterocycles. The molecule has 1 aromatic carbocycles. The quantitative estimate of drug-likeness (QED) is 0.601.